The fourth-order valence-corrected chi connectivity index (χ4v) is 2.46. The maximum absolute atomic E-state index is 12.1. The lowest BCUT2D eigenvalue weighted by molar-refractivity contribution is -0.120. The second-order valence-electron chi connectivity index (χ2n) is 5.93. The number of hydrogen-bond donors (Lipinski definition) is 3. The van der Waals surface area contributed by atoms with Crippen LogP contribution in [0.2, 0.25) is 0 Å². The van der Waals surface area contributed by atoms with Crippen LogP contribution in [0.1, 0.15) is 38.3 Å². The number of hydrogen-bond acceptors (Lipinski definition) is 3. The highest BCUT2D eigenvalue weighted by Gasteiger charge is 2.09. The lowest BCUT2D eigenvalue weighted by atomic mass is 10.1. The van der Waals surface area contributed by atoms with E-state index in [1.165, 1.54) is 0 Å². The SMILES string of the molecule is CCCC(=O)Nc1cccc(NCC(=O)NC(C)c2ccccc2)c1. The quantitative estimate of drug-likeness (QED) is 0.686. The molecule has 5 heteroatoms. The molecular weight excluding hydrogens is 314 g/mol. The zero-order chi connectivity index (χ0) is 18.1. The largest absolute Gasteiger partial charge is 0.376 e. The predicted molar refractivity (Wildman–Crippen MR) is 101 cm³/mol. The third-order valence-electron chi connectivity index (χ3n) is 3.75. The number of anilines is 2. The van der Waals surface area contributed by atoms with E-state index in [-0.39, 0.29) is 24.4 Å². The molecule has 0 aromatic heterocycles. The van der Waals surface area contributed by atoms with Gasteiger partial charge in [0.1, 0.15) is 0 Å². The van der Waals surface area contributed by atoms with Gasteiger partial charge in [-0.25, -0.2) is 0 Å². The summed E-state index contributed by atoms with van der Waals surface area (Å²) in [6.45, 7) is 4.09. The molecule has 2 aromatic rings. The van der Waals surface area contributed by atoms with E-state index >= 15 is 0 Å². The molecule has 2 amide bonds. The molecule has 0 aliphatic rings. The van der Waals surface area contributed by atoms with E-state index in [2.05, 4.69) is 16.0 Å². The summed E-state index contributed by atoms with van der Waals surface area (Å²) in [5, 5.41) is 8.89. The van der Waals surface area contributed by atoms with Gasteiger partial charge in [-0.15, -0.1) is 0 Å². The molecule has 2 aromatic carbocycles. The van der Waals surface area contributed by atoms with Crippen LogP contribution in [-0.4, -0.2) is 18.4 Å². The molecule has 0 bridgehead atoms. The Kier molecular flexibility index (Phi) is 7.01. The van der Waals surface area contributed by atoms with Crippen molar-refractivity contribution < 1.29 is 9.59 Å². The van der Waals surface area contributed by atoms with Crippen LogP contribution in [0.15, 0.2) is 54.6 Å². The lowest BCUT2D eigenvalue weighted by Crippen LogP contribution is -2.32. The van der Waals surface area contributed by atoms with E-state index < -0.39 is 0 Å². The van der Waals surface area contributed by atoms with E-state index in [9.17, 15) is 9.59 Å². The summed E-state index contributed by atoms with van der Waals surface area (Å²) in [5.74, 6) is -0.0918. The van der Waals surface area contributed by atoms with Gasteiger partial charge in [-0.1, -0.05) is 43.3 Å². The molecule has 0 spiro atoms. The van der Waals surface area contributed by atoms with Crippen molar-refractivity contribution >= 4 is 23.2 Å². The van der Waals surface area contributed by atoms with E-state index in [1.54, 1.807) is 0 Å². The van der Waals surface area contributed by atoms with Crippen molar-refractivity contribution in [3.63, 3.8) is 0 Å². The molecule has 25 heavy (non-hydrogen) atoms. The normalized spacial score (nSPS) is 11.4. The third-order valence-corrected chi connectivity index (χ3v) is 3.75. The van der Waals surface area contributed by atoms with E-state index in [0.29, 0.717) is 6.42 Å². The Bertz CT molecular complexity index is 701. The average molecular weight is 339 g/mol. The summed E-state index contributed by atoms with van der Waals surface area (Å²) in [4.78, 5) is 23.8. The predicted octanol–water partition coefficient (Wildman–Crippen LogP) is 3.71. The molecule has 1 atom stereocenters. The summed E-state index contributed by atoms with van der Waals surface area (Å²) in [6, 6.07) is 17.1. The van der Waals surface area contributed by atoms with Crippen molar-refractivity contribution in [1.29, 1.82) is 0 Å². The van der Waals surface area contributed by atoms with E-state index in [4.69, 9.17) is 0 Å². The molecule has 1 unspecified atom stereocenters. The summed E-state index contributed by atoms with van der Waals surface area (Å²) in [7, 11) is 0. The Labute approximate surface area is 148 Å². The average Bonchev–Trinajstić information content (AvgIpc) is 2.61. The Morgan fingerprint density at radius 3 is 2.40 bits per heavy atom. The first-order chi connectivity index (χ1) is 12.1. The van der Waals surface area contributed by atoms with Crippen molar-refractivity contribution in [2.75, 3.05) is 17.2 Å². The van der Waals surface area contributed by atoms with E-state index in [1.807, 2.05) is 68.4 Å². The van der Waals surface area contributed by atoms with Crippen LogP contribution in [0.3, 0.4) is 0 Å². The number of carbonyl (C=O) groups excluding carboxylic acids is 2. The van der Waals surface area contributed by atoms with Gasteiger partial charge in [0.2, 0.25) is 11.8 Å². The lowest BCUT2D eigenvalue weighted by Gasteiger charge is -2.15. The molecule has 0 radical (unpaired) electrons. The van der Waals surface area contributed by atoms with Gasteiger partial charge in [-0.2, -0.15) is 0 Å². The van der Waals surface area contributed by atoms with Crippen molar-refractivity contribution in [3.8, 4) is 0 Å². The van der Waals surface area contributed by atoms with Gasteiger partial charge in [0, 0.05) is 17.8 Å². The molecule has 0 saturated heterocycles. The molecule has 3 N–H and O–H groups in total. The fraction of sp³-hybridized carbons (Fsp3) is 0.300. The second kappa shape index (κ2) is 9.47. The second-order valence-corrected chi connectivity index (χ2v) is 5.93. The molecule has 0 heterocycles. The van der Waals surface area contributed by atoms with Crippen LogP contribution in [0, 0.1) is 0 Å². The maximum atomic E-state index is 12.1. The Balaban J connectivity index is 1.84. The Morgan fingerprint density at radius 1 is 0.960 bits per heavy atom. The van der Waals surface area contributed by atoms with E-state index in [0.717, 1.165) is 23.4 Å². The van der Waals surface area contributed by atoms with Gasteiger partial charge in [0.15, 0.2) is 0 Å². The topological polar surface area (TPSA) is 70.2 Å². The standard InChI is InChI=1S/C20H25N3O2/c1-3-8-19(24)23-18-12-7-11-17(13-18)21-14-20(25)22-15(2)16-9-5-4-6-10-16/h4-7,9-13,15,21H,3,8,14H2,1-2H3,(H,22,25)(H,23,24). The Morgan fingerprint density at radius 2 is 1.68 bits per heavy atom. The van der Waals surface area contributed by atoms with Crippen LogP contribution < -0.4 is 16.0 Å². The number of nitrogens with one attached hydrogen (secondary N) is 3. The molecule has 2 rings (SSSR count). The molecule has 0 fully saturated rings. The zero-order valence-corrected chi connectivity index (χ0v) is 14.7. The number of carbonyl (C=O) groups is 2. The van der Waals surface area contributed by atoms with Gasteiger partial charge in [-0.3, -0.25) is 9.59 Å². The summed E-state index contributed by atoms with van der Waals surface area (Å²) < 4.78 is 0. The van der Waals surface area contributed by atoms with Crippen LogP contribution in [0.4, 0.5) is 11.4 Å². The van der Waals surface area contributed by atoms with Gasteiger partial charge in [0.25, 0.3) is 0 Å². The zero-order valence-electron chi connectivity index (χ0n) is 14.7. The number of benzene rings is 2. The highest BCUT2D eigenvalue weighted by Crippen LogP contribution is 2.15. The summed E-state index contributed by atoms with van der Waals surface area (Å²) in [6.07, 6.45) is 1.31. The molecule has 0 saturated carbocycles. The van der Waals surface area contributed by atoms with Crippen molar-refractivity contribution in [1.82, 2.24) is 5.32 Å². The fourth-order valence-electron chi connectivity index (χ4n) is 2.46. The van der Waals surface area contributed by atoms with Crippen molar-refractivity contribution in [3.05, 3.63) is 60.2 Å². The maximum Gasteiger partial charge on any atom is 0.239 e. The van der Waals surface area contributed by atoms with Gasteiger partial charge >= 0.3 is 0 Å². The molecule has 5 nitrogen and oxygen atoms in total. The van der Waals surface area contributed by atoms with Gasteiger partial charge in [0.05, 0.1) is 12.6 Å². The van der Waals surface area contributed by atoms with Crippen LogP contribution in [-0.2, 0) is 9.59 Å². The number of rotatable bonds is 8. The number of amides is 2. The van der Waals surface area contributed by atoms with Crippen molar-refractivity contribution in [2.24, 2.45) is 0 Å². The first-order valence-corrected chi connectivity index (χ1v) is 8.56. The molecule has 132 valence electrons. The summed E-state index contributed by atoms with van der Waals surface area (Å²) >= 11 is 0. The van der Waals surface area contributed by atoms with Gasteiger partial charge < -0.3 is 16.0 Å². The first kappa shape index (κ1) is 18.5. The highest BCUT2D eigenvalue weighted by atomic mass is 16.2. The molecule has 0 aliphatic carbocycles. The minimum atomic E-state index is -0.0863. The van der Waals surface area contributed by atoms with Crippen LogP contribution >= 0.6 is 0 Å². The first-order valence-electron chi connectivity index (χ1n) is 8.56. The monoisotopic (exact) mass is 339 g/mol. The highest BCUT2D eigenvalue weighted by molar-refractivity contribution is 5.91. The third kappa shape index (κ3) is 6.30. The molecular formula is C20H25N3O2. The Hall–Kier alpha value is -2.82. The molecule has 0 aliphatic heterocycles. The summed E-state index contributed by atoms with van der Waals surface area (Å²) in [5.41, 5.74) is 2.58. The smallest absolute Gasteiger partial charge is 0.239 e. The van der Waals surface area contributed by atoms with Crippen LogP contribution in [0.25, 0.3) is 0 Å². The van der Waals surface area contributed by atoms with Gasteiger partial charge in [-0.05, 0) is 37.1 Å². The minimum Gasteiger partial charge on any atom is -0.376 e. The minimum absolute atomic E-state index is 0.00548. The van der Waals surface area contributed by atoms with Crippen molar-refractivity contribution in [2.45, 2.75) is 32.7 Å². The van der Waals surface area contributed by atoms with Crippen LogP contribution in [0.5, 0.6) is 0 Å².